The Labute approximate surface area is 47.4 Å². The minimum Gasteiger partial charge on any atom is -0.329 e. The van der Waals surface area contributed by atoms with Gasteiger partial charge in [-0.3, -0.25) is 0 Å². The van der Waals surface area contributed by atoms with Crippen molar-refractivity contribution in [3.63, 3.8) is 0 Å². The molecule has 2 heteroatoms. The molecule has 0 N–H and O–H groups in total. The number of hydrogen-bond donors (Lipinski definition) is 0. The highest BCUT2D eigenvalue weighted by Gasteiger charge is 2.14. The van der Waals surface area contributed by atoms with Crippen molar-refractivity contribution in [3.05, 3.63) is 0 Å². The molecule has 0 fully saturated rings. The fourth-order valence-corrected chi connectivity index (χ4v) is 0. The lowest BCUT2D eigenvalue weighted by Gasteiger charge is -2.24. The van der Waals surface area contributed by atoms with Gasteiger partial charge in [-0.15, -0.1) is 0 Å². The summed E-state index contributed by atoms with van der Waals surface area (Å²) in [5.41, 5.74) is 0. The van der Waals surface area contributed by atoms with Crippen molar-refractivity contribution in [1.82, 2.24) is 4.57 Å². The molecular weight excluding hydrogens is 102 g/mol. The molecule has 0 saturated carbocycles. The number of hydrogen-bond acceptors (Lipinski definition) is 1. The number of nitrogens with zero attached hydrogens (tertiary/aromatic N) is 1. The monoisotopic (exact) mass is 117 g/mol. The maximum Gasteiger partial charge on any atom is 0.118 e. The molecule has 0 bridgehead atoms. The van der Waals surface area contributed by atoms with Gasteiger partial charge in [-0.2, -0.15) is 0 Å². The van der Waals surface area contributed by atoms with Gasteiger partial charge in [0, 0.05) is 0 Å². The van der Waals surface area contributed by atoms with Crippen molar-refractivity contribution in [2.24, 2.45) is 0 Å². The van der Waals surface area contributed by atoms with Crippen LogP contribution in [0.3, 0.4) is 0 Å². The topological polar surface area (TPSA) is 3.24 Å². The zero-order valence-electron chi connectivity index (χ0n) is 5.95. The molecule has 0 aromatic rings. The molecule has 1 nitrogen and oxygen atoms in total. The minimum absolute atomic E-state index is 0.901. The summed E-state index contributed by atoms with van der Waals surface area (Å²) in [5.74, 6) is 0. The molecule has 0 heterocycles. The molecule has 0 radical (unpaired) electrons. The fourth-order valence-electron chi connectivity index (χ4n) is 0. The third kappa shape index (κ3) is 2.82. The van der Waals surface area contributed by atoms with Gasteiger partial charge in [0.25, 0.3) is 0 Å². The third-order valence-corrected chi connectivity index (χ3v) is 4.02. The first kappa shape index (κ1) is 7.18. The highest BCUT2D eigenvalue weighted by molar-refractivity contribution is 6.73. The first-order valence-corrected chi connectivity index (χ1v) is 6.07. The third-order valence-electron chi connectivity index (χ3n) is 1.34. The molecule has 0 aliphatic carbocycles. The smallest absolute Gasteiger partial charge is 0.118 e. The van der Waals surface area contributed by atoms with Crippen LogP contribution in [0.15, 0.2) is 0 Å². The highest BCUT2D eigenvalue weighted by atomic mass is 28.3. The molecule has 0 aromatic heterocycles. The lowest BCUT2D eigenvalue weighted by Crippen LogP contribution is -2.39. The van der Waals surface area contributed by atoms with Crippen LogP contribution < -0.4 is 0 Å². The molecule has 0 atom stereocenters. The molecule has 0 amide bonds. The van der Waals surface area contributed by atoms with Gasteiger partial charge in [0.1, 0.15) is 8.24 Å². The van der Waals surface area contributed by atoms with Crippen molar-refractivity contribution in [1.29, 1.82) is 0 Å². The summed E-state index contributed by atoms with van der Waals surface area (Å²) in [5, 5.41) is 0. The van der Waals surface area contributed by atoms with E-state index in [0.717, 1.165) is 0 Å². The van der Waals surface area contributed by atoms with Crippen molar-refractivity contribution in [3.8, 4) is 0 Å². The van der Waals surface area contributed by atoms with E-state index in [-0.39, 0.29) is 0 Å². The minimum atomic E-state index is -0.901. The fraction of sp³-hybridized carbons (Fsp3) is 1.00. The summed E-state index contributed by atoms with van der Waals surface area (Å²) in [6.07, 6.45) is 0. The van der Waals surface area contributed by atoms with Gasteiger partial charge in [0.2, 0.25) is 0 Å². The number of rotatable bonds is 1. The van der Waals surface area contributed by atoms with E-state index in [4.69, 9.17) is 0 Å². The van der Waals surface area contributed by atoms with Gasteiger partial charge in [0.15, 0.2) is 0 Å². The lowest BCUT2D eigenvalue weighted by atomic mass is 11.3. The van der Waals surface area contributed by atoms with Crippen LogP contribution in [0.5, 0.6) is 0 Å². The lowest BCUT2D eigenvalue weighted by molar-refractivity contribution is 0.627. The Hall–Kier alpha value is 0.177. The molecule has 0 saturated heterocycles. The molecular formula is C5H15NSi. The Bertz CT molecular complexity index is 53.6. The summed E-state index contributed by atoms with van der Waals surface area (Å²) >= 11 is 0. The van der Waals surface area contributed by atoms with Gasteiger partial charge in [-0.25, -0.2) is 0 Å². The Balaban J connectivity index is 3.54. The zero-order valence-corrected chi connectivity index (χ0v) is 6.95. The second-order valence-electron chi connectivity index (χ2n) is 3.07. The van der Waals surface area contributed by atoms with Crippen LogP contribution in [-0.4, -0.2) is 26.9 Å². The van der Waals surface area contributed by atoms with E-state index >= 15 is 0 Å². The first-order chi connectivity index (χ1) is 2.94. The molecule has 0 unspecified atom stereocenters. The summed E-state index contributed by atoms with van der Waals surface area (Å²) in [6, 6.07) is 0. The Kier molecular flexibility index (Phi) is 2.02. The molecule has 0 spiro atoms. The van der Waals surface area contributed by atoms with E-state index in [1.807, 2.05) is 0 Å². The van der Waals surface area contributed by atoms with Gasteiger partial charge >= 0.3 is 0 Å². The summed E-state index contributed by atoms with van der Waals surface area (Å²) in [7, 11) is 3.39. The van der Waals surface area contributed by atoms with Crippen LogP contribution in [0, 0.1) is 0 Å². The van der Waals surface area contributed by atoms with Crippen molar-refractivity contribution < 1.29 is 0 Å². The largest absolute Gasteiger partial charge is 0.329 e. The second-order valence-corrected chi connectivity index (χ2v) is 8.30. The summed E-state index contributed by atoms with van der Waals surface area (Å²) in [4.78, 5) is 0. The van der Waals surface area contributed by atoms with Gasteiger partial charge in [0.05, 0.1) is 0 Å². The van der Waals surface area contributed by atoms with Gasteiger partial charge in [-0.1, -0.05) is 19.6 Å². The van der Waals surface area contributed by atoms with E-state index in [1.54, 1.807) is 0 Å². The van der Waals surface area contributed by atoms with Crippen LogP contribution in [-0.2, 0) is 0 Å². The Morgan fingerprint density at radius 3 is 1.14 bits per heavy atom. The molecule has 0 aliphatic heterocycles. The van der Waals surface area contributed by atoms with Gasteiger partial charge in [-0.05, 0) is 14.1 Å². The van der Waals surface area contributed by atoms with E-state index in [9.17, 15) is 0 Å². The summed E-state index contributed by atoms with van der Waals surface area (Å²) < 4.78 is 2.33. The Morgan fingerprint density at radius 2 is 1.14 bits per heavy atom. The van der Waals surface area contributed by atoms with Crippen LogP contribution in [0.1, 0.15) is 0 Å². The average molecular weight is 117 g/mol. The van der Waals surface area contributed by atoms with Gasteiger partial charge < -0.3 is 4.57 Å². The normalized spacial score (nSPS) is 12.9. The van der Waals surface area contributed by atoms with Crippen LogP contribution in [0.4, 0.5) is 0 Å². The SMILES string of the molecule is CN(C)[Si](C)(C)C. The predicted octanol–water partition coefficient (Wildman–Crippen LogP) is 1.38. The van der Waals surface area contributed by atoms with Crippen LogP contribution >= 0.6 is 0 Å². The molecule has 0 rings (SSSR count). The van der Waals surface area contributed by atoms with E-state index < -0.39 is 8.24 Å². The maximum absolute atomic E-state index is 2.33. The highest BCUT2D eigenvalue weighted by Crippen LogP contribution is 2.01. The molecule has 44 valence electrons. The zero-order chi connectivity index (χ0) is 6.08. The maximum atomic E-state index is 2.33. The first-order valence-electron chi connectivity index (χ1n) is 2.62. The quantitative estimate of drug-likeness (QED) is 0.469. The van der Waals surface area contributed by atoms with Crippen LogP contribution in [0.25, 0.3) is 0 Å². The molecule has 0 aliphatic rings. The second kappa shape index (κ2) is 1.97. The van der Waals surface area contributed by atoms with Crippen LogP contribution in [0.2, 0.25) is 19.6 Å². The van der Waals surface area contributed by atoms with E-state index in [0.29, 0.717) is 0 Å². The molecule has 7 heavy (non-hydrogen) atoms. The Morgan fingerprint density at radius 1 is 1.00 bits per heavy atom. The molecule has 0 aromatic carbocycles. The van der Waals surface area contributed by atoms with Crippen molar-refractivity contribution in [2.75, 3.05) is 14.1 Å². The predicted molar refractivity (Wildman–Crippen MR) is 37.0 cm³/mol. The average Bonchev–Trinajstić information content (AvgIpc) is 1.31. The van der Waals surface area contributed by atoms with E-state index in [1.165, 1.54) is 0 Å². The summed E-state index contributed by atoms with van der Waals surface area (Å²) in [6.45, 7) is 6.98. The van der Waals surface area contributed by atoms with E-state index in [2.05, 4.69) is 38.3 Å². The standard InChI is InChI=1S/C5H15NSi/c1-6(2)7(3,4)5/h1-5H3. The van der Waals surface area contributed by atoms with Crippen molar-refractivity contribution >= 4 is 8.24 Å². The van der Waals surface area contributed by atoms with Crippen molar-refractivity contribution in [2.45, 2.75) is 19.6 Å².